The van der Waals surface area contributed by atoms with Crippen molar-refractivity contribution >= 4 is 17.9 Å². The number of hydrogen-bond acceptors (Lipinski definition) is 3. The van der Waals surface area contributed by atoms with Gasteiger partial charge in [0.2, 0.25) is 11.8 Å². The van der Waals surface area contributed by atoms with E-state index in [1.807, 2.05) is 40.1 Å². The van der Waals surface area contributed by atoms with E-state index in [-0.39, 0.29) is 11.8 Å². The molecule has 1 aromatic carbocycles. The number of nitrogens with zero attached hydrogens (tertiary/aromatic N) is 3. The first-order valence-corrected chi connectivity index (χ1v) is 10.1. The van der Waals surface area contributed by atoms with Gasteiger partial charge in [-0.1, -0.05) is 29.8 Å². The number of hydrogen-bond donors (Lipinski definition) is 0. The van der Waals surface area contributed by atoms with Crippen molar-refractivity contribution in [2.75, 3.05) is 39.3 Å². The SMILES string of the molecule is Cc1ccc(/C=C/C(=O)N2CCN(CC(=O)N3CCCCC3C)CC2)cc1. The van der Waals surface area contributed by atoms with Gasteiger partial charge >= 0.3 is 0 Å². The maximum absolute atomic E-state index is 12.6. The average Bonchev–Trinajstić information content (AvgIpc) is 2.68. The third kappa shape index (κ3) is 5.42. The molecule has 0 N–H and O–H groups in total. The van der Waals surface area contributed by atoms with Crippen molar-refractivity contribution in [2.45, 2.75) is 39.2 Å². The fourth-order valence-corrected chi connectivity index (χ4v) is 3.83. The number of carbonyl (C=O) groups is 2. The summed E-state index contributed by atoms with van der Waals surface area (Å²) < 4.78 is 0. The van der Waals surface area contributed by atoms with Crippen LogP contribution in [0.2, 0.25) is 0 Å². The molecule has 146 valence electrons. The predicted molar refractivity (Wildman–Crippen MR) is 108 cm³/mol. The first kappa shape index (κ1) is 19.6. The second-order valence-electron chi connectivity index (χ2n) is 7.78. The van der Waals surface area contributed by atoms with E-state index in [4.69, 9.17) is 0 Å². The van der Waals surface area contributed by atoms with E-state index in [1.54, 1.807) is 6.08 Å². The quantitative estimate of drug-likeness (QED) is 0.766. The number of likely N-dealkylation sites (tertiary alicyclic amines) is 1. The highest BCUT2D eigenvalue weighted by atomic mass is 16.2. The zero-order valence-electron chi connectivity index (χ0n) is 16.6. The number of rotatable bonds is 4. The molecule has 2 saturated heterocycles. The molecule has 3 rings (SSSR count). The molecule has 0 bridgehead atoms. The first-order valence-electron chi connectivity index (χ1n) is 10.1. The summed E-state index contributed by atoms with van der Waals surface area (Å²) >= 11 is 0. The Morgan fingerprint density at radius 2 is 1.74 bits per heavy atom. The van der Waals surface area contributed by atoms with E-state index in [0.717, 1.165) is 38.0 Å². The number of aryl methyl sites for hydroxylation is 1. The van der Waals surface area contributed by atoms with Crippen LogP contribution in [0.25, 0.3) is 6.08 Å². The third-order valence-electron chi connectivity index (χ3n) is 5.66. The van der Waals surface area contributed by atoms with Gasteiger partial charge in [-0.2, -0.15) is 0 Å². The average molecular weight is 370 g/mol. The van der Waals surface area contributed by atoms with Crippen molar-refractivity contribution in [2.24, 2.45) is 0 Å². The molecule has 27 heavy (non-hydrogen) atoms. The summed E-state index contributed by atoms with van der Waals surface area (Å²) in [5.74, 6) is 0.285. The Balaban J connectivity index is 1.44. The van der Waals surface area contributed by atoms with E-state index in [2.05, 4.69) is 18.7 Å². The molecule has 2 aliphatic heterocycles. The first-order chi connectivity index (χ1) is 13.0. The van der Waals surface area contributed by atoms with Gasteiger partial charge in [0.1, 0.15) is 0 Å². The minimum atomic E-state index is 0.0474. The van der Waals surface area contributed by atoms with Gasteiger partial charge in [0, 0.05) is 44.8 Å². The molecule has 2 amide bonds. The molecule has 1 atom stereocenters. The lowest BCUT2D eigenvalue weighted by Crippen LogP contribution is -2.52. The Morgan fingerprint density at radius 3 is 2.41 bits per heavy atom. The maximum atomic E-state index is 12.6. The van der Waals surface area contributed by atoms with E-state index in [0.29, 0.717) is 25.7 Å². The lowest BCUT2D eigenvalue weighted by molar-refractivity contribution is -0.136. The highest BCUT2D eigenvalue weighted by Crippen LogP contribution is 2.17. The maximum Gasteiger partial charge on any atom is 0.246 e. The van der Waals surface area contributed by atoms with Gasteiger partial charge in [-0.05, 0) is 44.7 Å². The zero-order valence-corrected chi connectivity index (χ0v) is 16.6. The minimum absolute atomic E-state index is 0.0474. The second kappa shape index (κ2) is 9.18. The van der Waals surface area contributed by atoms with Crippen LogP contribution in [0.3, 0.4) is 0 Å². The molecular formula is C22H31N3O2. The number of piperidine rings is 1. The number of piperazine rings is 1. The summed E-state index contributed by atoms with van der Waals surface area (Å²) in [4.78, 5) is 31.1. The summed E-state index contributed by atoms with van der Waals surface area (Å²) in [6.45, 7) is 8.45. The fraction of sp³-hybridized carbons (Fsp3) is 0.545. The van der Waals surface area contributed by atoms with Crippen LogP contribution in [0, 0.1) is 6.92 Å². The van der Waals surface area contributed by atoms with Gasteiger partial charge in [-0.25, -0.2) is 0 Å². The monoisotopic (exact) mass is 369 g/mol. The normalized spacial score (nSPS) is 21.6. The highest BCUT2D eigenvalue weighted by molar-refractivity contribution is 5.91. The molecule has 1 unspecified atom stereocenters. The predicted octanol–water partition coefficient (Wildman–Crippen LogP) is 2.55. The summed E-state index contributed by atoms with van der Waals surface area (Å²) in [5, 5.41) is 0. The Bertz CT molecular complexity index is 675. The van der Waals surface area contributed by atoms with Crippen molar-refractivity contribution in [3.05, 3.63) is 41.5 Å². The molecule has 0 saturated carbocycles. The number of amides is 2. The van der Waals surface area contributed by atoms with Gasteiger partial charge in [-0.3, -0.25) is 14.5 Å². The van der Waals surface area contributed by atoms with Crippen LogP contribution in [-0.2, 0) is 9.59 Å². The Kier molecular flexibility index (Phi) is 6.67. The standard InChI is InChI=1S/C22H31N3O2/c1-18-6-8-20(9-7-18)10-11-21(26)24-15-13-23(14-16-24)17-22(27)25-12-4-3-5-19(25)2/h6-11,19H,3-5,12-17H2,1-2H3/b11-10+. The van der Waals surface area contributed by atoms with Gasteiger partial charge in [0.25, 0.3) is 0 Å². The molecule has 5 nitrogen and oxygen atoms in total. The van der Waals surface area contributed by atoms with Gasteiger partial charge < -0.3 is 9.80 Å². The Labute approximate surface area is 162 Å². The molecule has 2 heterocycles. The van der Waals surface area contributed by atoms with Crippen molar-refractivity contribution in [3.8, 4) is 0 Å². The van der Waals surface area contributed by atoms with Gasteiger partial charge in [-0.15, -0.1) is 0 Å². The molecule has 2 fully saturated rings. The largest absolute Gasteiger partial charge is 0.339 e. The summed E-state index contributed by atoms with van der Waals surface area (Å²) in [5.41, 5.74) is 2.25. The molecule has 0 spiro atoms. The van der Waals surface area contributed by atoms with Crippen LogP contribution in [0.15, 0.2) is 30.3 Å². The van der Waals surface area contributed by atoms with E-state index >= 15 is 0 Å². The lowest BCUT2D eigenvalue weighted by Gasteiger charge is -2.37. The van der Waals surface area contributed by atoms with Gasteiger partial charge in [0.15, 0.2) is 0 Å². The zero-order chi connectivity index (χ0) is 19.2. The minimum Gasteiger partial charge on any atom is -0.339 e. The van der Waals surface area contributed by atoms with Crippen molar-refractivity contribution in [1.82, 2.24) is 14.7 Å². The molecule has 2 aliphatic rings. The summed E-state index contributed by atoms with van der Waals surface area (Å²) in [6, 6.07) is 8.49. The topological polar surface area (TPSA) is 43.9 Å². The van der Waals surface area contributed by atoms with Crippen LogP contribution in [-0.4, -0.2) is 71.8 Å². The molecule has 0 aromatic heterocycles. The number of benzene rings is 1. The van der Waals surface area contributed by atoms with Crippen molar-refractivity contribution < 1.29 is 9.59 Å². The summed E-state index contributed by atoms with van der Waals surface area (Å²) in [7, 11) is 0. The number of carbonyl (C=O) groups excluding carboxylic acids is 2. The lowest BCUT2D eigenvalue weighted by atomic mass is 10.0. The fourth-order valence-electron chi connectivity index (χ4n) is 3.83. The second-order valence-corrected chi connectivity index (χ2v) is 7.78. The highest BCUT2D eigenvalue weighted by Gasteiger charge is 2.26. The van der Waals surface area contributed by atoms with E-state index in [1.165, 1.54) is 12.0 Å². The smallest absolute Gasteiger partial charge is 0.246 e. The van der Waals surface area contributed by atoms with Crippen molar-refractivity contribution in [3.63, 3.8) is 0 Å². The molecule has 0 aliphatic carbocycles. The Hall–Kier alpha value is -2.14. The molecule has 0 radical (unpaired) electrons. The van der Waals surface area contributed by atoms with Crippen molar-refractivity contribution in [1.29, 1.82) is 0 Å². The summed E-state index contributed by atoms with van der Waals surface area (Å²) in [6.07, 6.45) is 6.98. The molecule has 1 aromatic rings. The Morgan fingerprint density at radius 1 is 1.04 bits per heavy atom. The van der Waals surface area contributed by atoms with Crippen LogP contribution >= 0.6 is 0 Å². The van der Waals surface area contributed by atoms with Crippen LogP contribution in [0.5, 0.6) is 0 Å². The third-order valence-corrected chi connectivity index (χ3v) is 5.66. The van der Waals surface area contributed by atoms with Crippen LogP contribution in [0.1, 0.15) is 37.3 Å². The van der Waals surface area contributed by atoms with Crippen LogP contribution < -0.4 is 0 Å². The molecule has 5 heteroatoms. The van der Waals surface area contributed by atoms with E-state index < -0.39 is 0 Å². The van der Waals surface area contributed by atoms with Crippen LogP contribution in [0.4, 0.5) is 0 Å². The van der Waals surface area contributed by atoms with E-state index in [9.17, 15) is 9.59 Å². The molecular weight excluding hydrogens is 338 g/mol. The van der Waals surface area contributed by atoms with Gasteiger partial charge in [0.05, 0.1) is 6.54 Å².